The number of nitrogens with one attached hydrogen (secondary N) is 1. The molecule has 2 N–H and O–H groups in total. The molecule has 0 aliphatic heterocycles. The maximum absolute atomic E-state index is 8.88. The molecule has 0 amide bonds. The van der Waals surface area contributed by atoms with Gasteiger partial charge in [-0.15, -0.1) is 0 Å². The van der Waals surface area contributed by atoms with Gasteiger partial charge >= 0.3 is 0 Å². The van der Waals surface area contributed by atoms with Crippen molar-refractivity contribution in [3.8, 4) is 11.5 Å². The first-order valence-corrected chi connectivity index (χ1v) is 6.41. The smallest absolute Gasteiger partial charge is 0.161 e. The minimum Gasteiger partial charge on any atom is -0.493 e. The number of hydrogen-bond acceptors (Lipinski definition) is 4. The monoisotopic (exact) mass is 253 g/mol. The third-order valence-corrected chi connectivity index (χ3v) is 2.83. The molecule has 1 unspecified atom stereocenters. The Hall–Kier alpha value is -1.26. The highest BCUT2D eigenvalue weighted by Gasteiger charge is 2.05. The molecule has 0 bridgehead atoms. The molecule has 0 saturated carbocycles. The molecule has 0 radical (unpaired) electrons. The van der Waals surface area contributed by atoms with E-state index in [-0.39, 0.29) is 6.61 Å². The molecule has 1 rings (SSSR count). The van der Waals surface area contributed by atoms with Gasteiger partial charge in [-0.2, -0.15) is 0 Å². The molecule has 0 fully saturated rings. The van der Waals surface area contributed by atoms with E-state index in [2.05, 4.69) is 12.2 Å². The van der Waals surface area contributed by atoms with Crippen LogP contribution in [0, 0.1) is 0 Å². The standard InChI is InChI=1S/C14H23NO3/c1-3-12(8-10-16)15-9-11-18-14-7-5-4-6-13(14)17-2/h4-7,12,15-16H,3,8-11H2,1-2H3. The normalized spacial score (nSPS) is 12.2. The zero-order valence-electron chi connectivity index (χ0n) is 11.2. The van der Waals surface area contributed by atoms with Crippen LogP contribution in [0.25, 0.3) is 0 Å². The van der Waals surface area contributed by atoms with E-state index < -0.39 is 0 Å². The van der Waals surface area contributed by atoms with Crippen LogP contribution in [-0.2, 0) is 0 Å². The van der Waals surface area contributed by atoms with Crippen molar-refractivity contribution < 1.29 is 14.6 Å². The Kier molecular flexibility index (Phi) is 7.22. The van der Waals surface area contributed by atoms with Gasteiger partial charge in [-0.1, -0.05) is 19.1 Å². The zero-order chi connectivity index (χ0) is 13.2. The summed E-state index contributed by atoms with van der Waals surface area (Å²) < 4.78 is 10.9. The lowest BCUT2D eigenvalue weighted by Crippen LogP contribution is -2.32. The minimum atomic E-state index is 0.221. The maximum atomic E-state index is 8.88. The van der Waals surface area contributed by atoms with Gasteiger partial charge in [0.1, 0.15) is 6.61 Å². The van der Waals surface area contributed by atoms with Gasteiger partial charge in [-0.3, -0.25) is 0 Å². The first-order chi connectivity index (χ1) is 8.81. The largest absolute Gasteiger partial charge is 0.493 e. The van der Waals surface area contributed by atoms with Crippen LogP contribution in [-0.4, -0.2) is 38.0 Å². The summed E-state index contributed by atoms with van der Waals surface area (Å²) in [6.07, 6.45) is 1.79. The Bertz CT molecular complexity index is 331. The van der Waals surface area contributed by atoms with Crippen LogP contribution in [0.5, 0.6) is 11.5 Å². The number of ether oxygens (including phenoxy) is 2. The topological polar surface area (TPSA) is 50.7 Å². The zero-order valence-corrected chi connectivity index (χ0v) is 11.2. The predicted molar refractivity (Wildman–Crippen MR) is 72.3 cm³/mol. The number of aliphatic hydroxyl groups is 1. The molecular weight excluding hydrogens is 230 g/mol. The average molecular weight is 253 g/mol. The van der Waals surface area contributed by atoms with Gasteiger partial charge < -0.3 is 19.9 Å². The van der Waals surface area contributed by atoms with Crippen LogP contribution >= 0.6 is 0 Å². The van der Waals surface area contributed by atoms with Crippen molar-refractivity contribution in [2.75, 3.05) is 26.9 Å². The molecule has 102 valence electrons. The maximum Gasteiger partial charge on any atom is 0.161 e. The highest BCUT2D eigenvalue weighted by atomic mass is 16.5. The van der Waals surface area contributed by atoms with Crippen LogP contribution in [0.2, 0.25) is 0 Å². The van der Waals surface area contributed by atoms with Crippen molar-refractivity contribution in [1.82, 2.24) is 5.32 Å². The first-order valence-electron chi connectivity index (χ1n) is 6.41. The van der Waals surface area contributed by atoms with Crippen molar-refractivity contribution >= 4 is 0 Å². The number of methoxy groups -OCH3 is 1. The fraction of sp³-hybridized carbons (Fsp3) is 0.571. The molecule has 0 spiro atoms. The Balaban J connectivity index is 2.28. The summed E-state index contributed by atoms with van der Waals surface area (Å²) in [5, 5.41) is 12.2. The lowest BCUT2D eigenvalue weighted by atomic mass is 10.1. The Morgan fingerprint density at radius 3 is 2.61 bits per heavy atom. The van der Waals surface area contributed by atoms with Gasteiger partial charge in [-0.05, 0) is 25.0 Å². The predicted octanol–water partition coefficient (Wildman–Crippen LogP) is 1.82. The molecule has 1 aromatic carbocycles. The summed E-state index contributed by atoms with van der Waals surface area (Å²) in [5.41, 5.74) is 0. The SMILES string of the molecule is CCC(CCO)NCCOc1ccccc1OC. The second-order valence-electron chi connectivity index (χ2n) is 4.07. The van der Waals surface area contributed by atoms with E-state index in [0.717, 1.165) is 30.9 Å². The van der Waals surface area contributed by atoms with Crippen LogP contribution in [0.3, 0.4) is 0 Å². The Morgan fingerprint density at radius 2 is 2.00 bits per heavy atom. The second-order valence-corrected chi connectivity index (χ2v) is 4.07. The highest BCUT2D eigenvalue weighted by Crippen LogP contribution is 2.25. The molecule has 18 heavy (non-hydrogen) atoms. The molecule has 4 heteroatoms. The van der Waals surface area contributed by atoms with E-state index in [1.54, 1.807) is 7.11 Å². The fourth-order valence-corrected chi connectivity index (χ4v) is 1.77. The summed E-state index contributed by atoms with van der Waals surface area (Å²) >= 11 is 0. The van der Waals surface area contributed by atoms with Crippen LogP contribution in [0.15, 0.2) is 24.3 Å². The second kappa shape index (κ2) is 8.78. The van der Waals surface area contributed by atoms with Crippen molar-refractivity contribution in [3.63, 3.8) is 0 Å². The average Bonchev–Trinajstić information content (AvgIpc) is 2.42. The quantitative estimate of drug-likeness (QED) is 0.659. The van der Waals surface area contributed by atoms with E-state index >= 15 is 0 Å². The Morgan fingerprint density at radius 1 is 1.28 bits per heavy atom. The van der Waals surface area contributed by atoms with Gasteiger partial charge in [0.15, 0.2) is 11.5 Å². The Labute approximate surface area is 109 Å². The van der Waals surface area contributed by atoms with Crippen LogP contribution in [0.4, 0.5) is 0 Å². The molecule has 0 aromatic heterocycles. The van der Waals surface area contributed by atoms with Gasteiger partial charge in [0.2, 0.25) is 0 Å². The summed E-state index contributed by atoms with van der Waals surface area (Å²) in [6.45, 7) is 3.67. The van der Waals surface area contributed by atoms with E-state index in [1.165, 1.54) is 0 Å². The van der Waals surface area contributed by atoms with E-state index in [4.69, 9.17) is 14.6 Å². The third kappa shape index (κ3) is 4.94. The molecule has 0 aliphatic rings. The van der Waals surface area contributed by atoms with Crippen molar-refractivity contribution in [3.05, 3.63) is 24.3 Å². The molecule has 0 heterocycles. The van der Waals surface area contributed by atoms with Gasteiger partial charge in [0.05, 0.1) is 7.11 Å². The van der Waals surface area contributed by atoms with E-state index in [0.29, 0.717) is 12.6 Å². The molecule has 0 aliphatic carbocycles. The third-order valence-electron chi connectivity index (χ3n) is 2.83. The van der Waals surface area contributed by atoms with Crippen LogP contribution in [0.1, 0.15) is 19.8 Å². The number of para-hydroxylation sites is 2. The first kappa shape index (κ1) is 14.8. The van der Waals surface area contributed by atoms with Gasteiger partial charge in [0, 0.05) is 19.2 Å². The lowest BCUT2D eigenvalue weighted by molar-refractivity contribution is 0.249. The number of rotatable bonds is 9. The van der Waals surface area contributed by atoms with Gasteiger partial charge in [-0.25, -0.2) is 0 Å². The van der Waals surface area contributed by atoms with E-state index in [1.807, 2.05) is 24.3 Å². The number of hydrogen-bond donors (Lipinski definition) is 2. The molecule has 0 saturated heterocycles. The van der Waals surface area contributed by atoms with Crippen molar-refractivity contribution in [2.45, 2.75) is 25.8 Å². The summed E-state index contributed by atoms with van der Waals surface area (Å²) in [5.74, 6) is 1.51. The molecular formula is C14H23NO3. The van der Waals surface area contributed by atoms with Crippen molar-refractivity contribution in [1.29, 1.82) is 0 Å². The number of aliphatic hydroxyl groups excluding tert-OH is 1. The molecule has 1 aromatic rings. The molecule has 4 nitrogen and oxygen atoms in total. The number of benzene rings is 1. The summed E-state index contributed by atoms with van der Waals surface area (Å²) in [7, 11) is 1.63. The lowest BCUT2D eigenvalue weighted by Gasteiger charge is -2.16. The summed E-state index contributed by atoms with van der Waals surface area (Å²) in [4.78, 5) is 0. The minimum absolute atomic E-state index is 0.221. The highest BCUT2D eigenvalue weighted by molar-refractivity contribution is 5.39. The summed E-state index contributed by atoms with van der Waals surface area (Å²) in [6, 6.07) is 7.97. The fourth-order valence-electron chi connectivity index (χ4n) is 1.77. The van der Waals surface area contributed by atoms with Crippen LogP contribution < -0.4 is 14.8 Å². The van der Waals surface area contributed by atoms with Gasteiger partial charge in [0.25, 0.3) is 0 Å². The van der Waals surface area contributed by atoms with Crippen molar-refractivity contribution in [2.24, 2.45) is 0 Å². The van der Waals surface area contributed by atoms with E-state index in [9.17, 15) is 0 Å². The molecule has 1 atom stereocenters.